The van der Waals surface area contributed by atoms with Crippen LogP contribution < -0.4 is 0 Å². The molecule has 4 heteroatoms. The number of thioether (sulfide) groups is 1. The summed E-state index contributed by atoms with van der Waals surface area (Å²) in [6.07, 6.45) is 1.81. The van der Waals surface area contributed by atoms with Crippen molar-refractivity contribution >= 4 is 11.8 Å². The second-order valence-electron chi connectivity index (χ2n) is 8.34. The van der Waals surface area contributed by atoms with Crippen molar-refractivity contribution in [3.8, 4) is 0 Å². The molecule has 4 rings (SSSR count). The van der Waals surface area contributed by atoms with E-state index in [4.69, 9.17) is 0 Å². The van der Waals surface area contributed by atoms with Crippen molar-refractivity contribution in [1.29, 1.82) is 0 Å². The molecule has 1 aliphatic rings. The van der Waals surface area contributed by atoms with Gasteiger partial charge in [0.1, 0.15) is 11.4 Å². The third-order valence-corrected chi connectivity index (χ3v) is 7.11. The summed E-state index contributed by atoms with van der Waals surface area (Å²) in [7, 11) is 4.14. The number of hydrogen-bond donors (Lipinski definition) is 1. The summed E-state index contributed by atoms with van der Waals surface area (Å²) in [4.78, 5) is 3.27. The number of nitrogens with zero attached hydrogens (tertiary/aromatic N) is 1. The Kier molecular flexibility index (Phi) is 6.28. The van der Waals surface area contributed by atoms with Gasteiger partial charge in [0, 0.05) is 10.6 Å². The molecule has 3 aromatic carbocycles. The molecule has 1 N–H and O–H groups in total. The zero-order valence-corrected chi connectivity index (χ0v) is 18.3. The van der Waals surface area contributed by atoms with E-state index in [9.17, 15) is 9.50 Å². The lowest BCUT2D eigenvalue weighted by atomic mass is 9.83. The van der Waals surface area contributed by atoms with Gasteiger partial charge in [0.25, 0.3) is 0 Å². The van der Waals surface area contributed by atoms with E-state index in [1.54, 1.807) is 17.8 Å². The molecule has 0 radical (unpaired) electrons. The van der Waals surface area contributed by atoms with Crippen molar-refractivity contribution in [2.24, 2.45) is 0 Å². The van der Waals surface area contributed by atoms with Gasteiger partial charge in [-0.05, 0) is 85.9 Å². The standard InChI is InChI=1S/C26H28FNOS/c1-28(2)15-14-19-16-20-8-6-7-11-24(20)26(29,18-30-22-9-4-3-5-10-22)25-17-21(27)12-13-23(19)25/h3-13,17,19,29H,14-16,18H2,1-2H3. The van der Waals surface area contributed by atoms with Crippen LogP contribution in [0.15, 0.2) is 77.7 Å². The van der Waals surface area contributed by atoms with E-state index >= 15 is 0 Å². The molecule has 0 bridgehead atoms. The molecule has 2 nitrogen and oxygen atoms in total. The topological polar surface area (TPSA) is 23.5 Å². The van der Waals surface area contributed by atoms with Crippen LogP contribution in [-0.2, 0) is 12.0 Å². The van der Waals surface area contributed by atoms with Crippen LogP contribution in [0.4, 0.5) is 4.39 Å². The molecule has 0 aliphatic heterocycles. The number of rotatable bonds is 6. The second-order valence-corrected chi connectivity index (χ2v) is 9.39. The Morgan fingerprint density at radius 2 is 1.73 bits per heavy atom. The van der Waals surface area contributed by atoms with E-state index in [0.29, 0.717) is 11.3 Å². The Balaban J connectivity index is 1.81. The summed E-state index contributed by atoms with van der Waals surface area (Å²) in [6, 6.07) is 23.1. The highest BCUT2D eigenvalue weighted by Gasteiger charge is 2.40. The lowest BCUT2D eigenvalue weighted by Crippen LogP contribution is -2.32. The van der Waals surface area contributed by atoms with Gasteiger partial charge in [-0.25, -0.2) is 4.39 Å². The van der Waals surface area contributed by atoms with Gasteiger partial charge in [0.2, 0.25) is 0 Å². The van der Waals surface area contributed by atoms with Crippen LogP contribution in [0.3, 0.4) is 0 Å². The zero-order chi connectivity index (χ0) is 21.1. The van der Waals surface area contributed by atoms with E-state index in [2.05, 4.69) is 25.1 Å². The molecular formula is C26H28FNOS. The molecule has 2 unspecified atom stereocenters. The second kappa shape index (κ2) is 8.93. The summed E-state index contributed by atoms with van der Waals surface area (Å²) < 4.78 is 14.4. The first kappa shape index (κ1) is 21.1. The van der Waals surface area contributed by atoms with Gasteiger partial charge >= 0.3 is 0 Å². The van der Waals surface area contributed by atoms with Gasteiger partial charge in [-0.15, -0.1) is 11.8 Å². The molecule has 0 saturated heterocycles. The fourth-order valence-corrected chi connectivity index (χ4v) is 5.43. The molecule has 0 heterocycles. The van der Waals surface area contributed by atoms with Crippen LogP contribution in [0.2, 0.25) is 0 Å². The van der Waals surface area contributed by atoms with Gasteiger partial charge < -0.3 is 10.0 Å². The van der Waals surface area contributed by atoms with Crippen LogP contribution >= 0.6 is 11.8 Å². The van der Waals surface area contributed by atoms with Crippen molar-refractivity contribution in [2.45, 2.75) is 29.3 Å². The third-order valence-electron chi connectivity index (χ3n) is 5.95. The Labute approximate surface area is 182 Å². The first-order valence-corrected chi connectivity index (χ1v) is 11.4. The molecule has 0 amide bonds. The lowest BCUT2D eigenvalue weighted by Gasteiger charge is -2.31. The summed E-state index contributed by atoms with van der Waals surface area (Å²) in [5.41, 5.74) is 2.56. The number of aliphatic hydroxyl groups is 1. The summed E-state index contributed by atoms with van der Waals surface area (Å²) in [6.45, 7) is 0.945. The normalized spacial score (nSPS) is 20.5. The van der Waals surface area contributed by atoms with Crippen molar-refractivity contribution in [2.75, 3.05) is 26.4 Å². The Morgan fingerprint density at radius 3 is 2.50 bits per heavy atom. The third kappa shape index (κ3) is 4.31. The van der Waals surface area contributed by atoms with Gasteiger partial charge in [-0.1, -0.05) is 48.5 Å². The first-order valence-electron chi connectivity index (χ1n) is 10.4. The van der Waals surface area contributed by atoms with Crippen molar-refractivity contribution in [3.05, 3.63) is 101 Å². The van der Waals surface area contributed by atoms with E-state index in [0.717, 1.165) is 41.0 Å². The van der Waals surface area contributed by atoms with Crippen LogP contribution in [-0.4, -0.2) is 36.4 Å². The highest BCUT2D eigenvalue weighted by Crippen LogP contribution is 2.45. The Hall–Kier alpha value is -2.14. The maximum absolute atomic E-state index is 14.4. The average molecular weight is 422 g/mol. The first-order chi connectivity index (χ1) is 14.5. The Morgan fingerprint density at radius 1 is 1.00 bits per heavy atom. The predicted molar refractivity (Wildman–Crippen MR) is 123 cm³/mol. The van der Waals surface area contributed by atoms with Crippen LogP contribution in [0.5, 0.6) is 0 Å². The van der Waals surface area contributed by atoms with E-state index in [-0.39, 0.29) is 11.7 Å². The SMILES string of the molecule is CN(C)CCC1Cc2ccccc2C(O)(CSc2ccccc2)c2cc(F)ccc21. The lowest BCUT2D eigenvalue weighted by molar-refractivity contribution is 0.106. The van der Waals surface area contributed by atoms with Crippen molar-refractivity contribution < 1.29 is 9.50 Å². The molecule has 0 spiro atoms. The maximum Gasteiger partial charge on any atom is 0.125 e. The molecule has 30 heavy (non-hydrogen) atoms. The highest BCUT2D eigenvalue weighted by molar-refractivity contribution is 7.99. The molecule has 0 saturated carbocycles. The van der Waals surface area contributed by atoms with Crippen molar-refractivity contribution in [3.63, 3.8) is 0 Å². The molecule has 3 aromatic rings. The zero-order valence-electron chi connectivity index (χ0n) is 17.5. The van der Waals surface area contributed by atoms with Gasteiger partial charge in [-0.3, -0.25) is 0 Å². The smallest absolute Gasteiger partial charge is 0.125 e. The molecular weight excluding hydrogens is 393 g/mol. The quantitative estimate of drug-likeness (QED) is 0.536. The monoisotopic (exact) mass is 421 g/mol. The molecule has 2 atom stereocenters. The molecule has 0 fully saturated rings. The fourth-order valence-electron chi connectivity index (χ4n) is 4.40. The van der Waals surface area contributed by atoms with Gasteiger partial charge in [0.05, 0.1) is 0 Å². The van der Waals surface area contributed by atoms with Crippen molar-refractivity contribution in [1.82, 2.24) is 4.90 Å². The maximum atomic E-state index is 14.4. The predicted octanol–water partition coefficient (Wildman–Crippen LogP) is 5.45. The number of fused-ring (bicyclic) bond motifs is 2. The van der Waals surface area contributed by atoms with Crippen LogP contribution in [0.1, 0.15) is 34.6 Å². The summed E-state index contributed by atoms with van der Waals surface area (Å²) >= 11 is 1.61. The number of halogens is 1. The number of benzene rings is 3. The van der Waals surface area contributed by atoms with E-state index < -0.39 is 5.60 Å². The highest BCUT2D eigenvalue weighted by atomic mass is 32.2. The summed E-state index contributed by atoms with van der Waals surface area (Å²) in [5.74, 6) is 0.368. The fraction of sp³-hybridized carbons (Fsp3) is 0.308. The average Bonchev–Trinajstić information content (AvgIpc) is 2.85. The molecule has 1 aliphatic carbocycles. The molecule has 156 valence electrons. The Bertz CT molecular complexity index is 1010. The van der Waals surface area contributed by atoms with Crippen LogP contribution in [0.25, 0.3) is 0 Å². The summed E-state index contributed by atoms with van der Waals surface area (Å²) in [5, 5.41) is 12.1. The number of hydrogen-bond acceptors (Lipinski definition) is 3. The van der Waals surface area contributed by atoms with E-state index in [1.165, 1.54) is 6.07 Å². The largest absolute Gasteiger partial charge is 0.379 e. The van der Waals surface area contributed by atoms with Gasteiger partial charge in [0.15, 0.2) is 0 Å². The van der Waals surface area contributed by atoms with E-state index in [1.807, 2.05) is 54.6 Å². The minimum Gasteiger partial charge on any atom is -0.379 e. The van der Waals surface area contributed by atoms with Crippen LogP contribution in [0, 0.1) is 5.82 Å². The minimum atomic E-state index is -1.25. The minimum absolute atomic E-state index is 0.236. The molecule has 0 aromatic heterocycles. The van der Waals surface area contributed by atoms with Gasteiger partial charge in [-0.2, -0.15) is 0 Å².